The molecule has 0 radical (unpaired) electrons. The smallest absolute Gasteiger partial charge is 0.162 e. The van der Waals surface area contributed by atoms with Gasteiger partial charge in [-0.15, -0.1) is 0 Å². The molecule has 3 aromatic heterocycles. The van der Waals surface area contributed by atoms with Crippen molar-refractivity contribution in [2.75, 3.05) is 0 Å². The first-order valence-electron chi connectivity index (χ1n) is 18.4. The lowest BCUT2D eigenvalue weighted by Crippen LogP contribution is -2.02. The summed E-state index contributed by atoms with van der Waals surface area (Å²) >= 11 is 0. The number of hydrogen-bond donors (Lipinski definition) is 0. The Morgan fingerprint density at radius 2 is 1.18 bits per heavy atom. The molecule has 11 aromatic rings. The first-order valence-corrected chi connectivity index (χ1v) is 18.4. The molecule has 256 valence electrons. The average Bonchev–Trinajstić information content (AvgIpc) is 3.79. The van der Waals surface area contributed by atoms with Gasteiger partial charge in [0.25, 0.3) is 0 Å². The fourth-order valence-corrected chi connectivity index (χ4v) is 8.58. The Bertz CT molecular complexity index is 3350. The Labute approximate surface area is 316 Å². The number of fused-ring (bicyclic) bond motifs is 10. The number of benzene rings is 8. The summed E-state index contributed by atoms with van der Waals surface area (Å²) in [7, 11) is 0. The molecular formula is C50H30N4O. The molecule has 0 saturated heterocycles. The molecule has 5 heteroatoms. The van der Waals surface area contributed by atoms with Crippen LogP contribution in [0.4, 0.5) is 0 Å². The van der Waals surface area contributed by atoms with E-state index in [1.165, 1.54) is 38.2 Å². The number of nitriles is 1. The first-order chi connectivity index (χ1) is 27.1. The summed E-state index contributed by atoms with van der Waals surface area (Å²) in [4.78, 5) is 10.5. The highest BCUT2D eigenvalue weighted by molar-refractivity contribution is 6.30. The summed E-state index contributed by atoms with van der Waals surface area (Å²) in [5.74, 6) is 1.33. The molecule has 0 amide bonds. The molecule has 0 bridgehead atoms. The number of furan rings is 1. The molecule has 0 aliphatic heterocycles. The van der Waals surface area contributed by atoms with Crippen LogP contribution in [-0.4, -0.2) is 14.5 Å². The van der Waals surface area contributed by atoms with Gasteiger partial charge in [-0.2, -0.15) is 5.26 Å². The Morgan fingerprint density at radius 1 is 0.509 bits per heavy atom. The van der Waals surface area contributed by atoms with Gasteiger partial charge < -0.3 is 4.42 Å². The Balaban J connectivity index is 1.21. The van der Waals surface area contributed by atoms with Gasteiger partial charge in [0, 0.05) is 44.1 Å². The molecule has 0 spiro atoms. The van der Waals surface area contributed by atoms with Crippen molar-refractivity contribution in [3.8, 4) is 45.7 Å². The van der Waals surface area contributed by atoms with Crippen molar-refractivity contribution in [3.63, 3.8) is 0 Å². The van der Waals surface area contributed by atoms with Crippen molar-refractivity contribution in [1.29, 1.82) is 5.26 Å². The molecule has 55 heavy (non-hydrogen) atoms. The van der Waals surface area contributed by atoms with E-state index in [4.69, 9.17) is 14.4 Å². The molecule has 3 heterocycles. The maximum absolute atomic E-state index is 9.79. The van der Waals surface area contributed by atoms with Gasteiger partial charge in [0.1, 0.15) is 17.0 Å². The molecule has 5 nitrogen and oxygen atoms in total. The predicted octanol–water partition coefficient (Wildman–Crippen LogP) is 13.0. The number of para-hydroxylation sites is 2. The van der Waals surface area contributed by atoms with Crippen LogP contribution in [0.25, 0.3) is 105 Å². The van der Waals surface area contributed by atoms with Crippen molar-refractivity contribution < 1.29 is 4.42 Å². The van der Waals surface area contributed by atoms with Crippen molar-refractivity contribution in [2.24, 2.45) is 0 Å². The van der Waals surface area contributed by atoms with Gasteiger partial charge in [0.05, 0.1) is 28.4 Å². The Hall–Kier alpha value is -7.55. The minimum absolute atomic E-state index is 0.576. The van der Waals surface area contributed by atoms with E-state index in [0.29, 0.717) is 11.4 Å². The van der Waals surface area contributed by atoms with Crippen LogP contribution >= 0.6 is 0 Å². The van der Waals surface area contributed by atoms with Crippen LogP contribution in [0.15, 0.2) is 168 Å². The van der Waals surface area contributed by atoms with Gasteiger partial charge in [0.15, 0.2) is 5.82 Å². The molecule has 0 atom stereocenters. The van der Waals surface area contributed by atoms with E-state index in [-0.39, 0.29) is 0 Å². The van der Waals surface area contributed by atoms with E-state index in [1.54, 1.807) is 0 Å². The summed E-state index contributed by atoms with van der Waals surface area (Å²) in [6.07, 6.45) is 0. The summed E-state index contributed by atoms with van der Waals surface area (Å²) in [6, 6.07) is 58.7. The summed E-state index contributed by atoms with van der Waals surface area (Å²) < 4.78 is 8.81. The lowest BCUT2D eigenvalue weighted by atomic mass is 9.87. The lowest BCUT2D eigenvalue weighted by Gasteiger charge is -2.16. The second-order valence-corrected chi connectivity index (χ2v) is 14.1. The highest BCUT2D eigenvalue weighted by Gasteiger charge is 2.21. The zero-order valence-corrected chi connectivity index (χ0v) is 29.8. The van der Waals surface area contributed by atoms with Gasteiger partial charge >= 0.3 is 0 Å². The monoisotopic (exact) mass is 702 g/mol. The molecule has 11 rings (SSSR count). The van der Waals surface area contributed by atoms with E-state index >= 15 is 0 Å². The van der Waals surface area contributed by atoms with E-state index in [1.807, 2.05) is 42.5 Å². The van der Waals surface area contributed by atoms with E-state index < -0.39 is 0 Å². The molecule has 8 aromatic carbocycles. The van der Waals surface area contributed by atoms with Crippen molar-refractivity contribution in [2.45, 2.75) is 6.92 Å². The summed E-state index contributed by atoms with van der Waals surface area (Å²) in [5, 5.41) is 18.9. The number of nitrogens with zero attached hydrogens (tertiary/aromatic N) is 4. The average molecular weight is 703 g/mol. The molecule has 0 fully saturated rings. The Kier molecular flexibility index (Phi) is 6.76. The quantitative estimate of drug-likeness (QED) is 0.171. The van der Waals surface area contributed by atoms with Crippen molar-refractivity contribution in [3.05, 3.63) is 175 Å². The second kappa shape index (κ2) is 12.0. The summed E-state index contributed by atoms with van der Waals surface area (Å²) in [6.45, 7) is 2.23. The highest BCUT2D eigenvalue weighted by Crippen LogP contribution is 2.45. The van der Waals surface area contributed by atoms with Crippen LogP contribution in [0.1, 0.15) is 11.1 Å². The predicted molar refractivity (Wildman–Crippen MR) is 224 cm³/mol. The van der Waals surface area contributed by atoms with Crippen LogP contribution < -0.4 is 0 Å². The zero-order valence-electron chi connectivity index (χ0n) is 29.8. The third kappa shape index (κ3) is 4.72. The Morgan fingerprint density at radius 3 is 1.95 bits per heavy atom. The SMILES string of the molecule is Cc1c(-c2ccccc2)c2ccc3oc4ccc(-c5nc(-c6cccc(C#N)c6)cc(-n6c7ccccc7c7ccccc76)n5)cc4c3c2c2ccccc12. The molecule has 0 aliphatic rings. The standard InChI is InChI=1S/C50H30N4O/c1-30-35-16-5-6-19-38(35)48-39(47(30)32-13-3-2-4-14-32)23-25-45-49(48)40-27-34(22-24-44(40)55-45)50-52-41(33-15-11-12-31(26-33)29-51)28-46(53-50)54-42-20-9-7-17-36(42)37-18-8-10-21-43(37)54/h2-28H,1H3. The van der Waals surface area contributed by atoms with Gasteiger partial charge in [-0.25, -0.2) is 9.97 Å². The number of aryl methyl sites for hydroxylation is 1. The van der Waals surface area contributed by atoms with Gasteiger partial charge in [-0.05, 0) is 94.4 Å². The third-order valence-corrected chi connectivity index (χ3v) is 11.0. The van der Waals surface area contributed by atoms with E-state index in [0.717, 1.165) is 66.4 Å². The molecule has 0 aliphatic carbocycles. The lowest BCUT2D eigenvalue weighted by molar-refractivity contribution is 0.669. The normalized spacial score (nSPS) is 11.7. The van der Waals surface area contributed by atoms with Crippen LogP contribution in [0.5, 0.6) is 0 Å². The second-order valence-electron chi connectivity index (χ2n) is 14.1. The van der Waals surface area contributed by atoms with E-state index in [2.05, 4.69) is 139 Å². The first kappa shape index (κ1) is 31.0. The highest BCUT2D eigenvalue weighted by atomic mass is 16.3. The van der Waals surface area contributed by atoms with Gasteiger partial charge in [0.2, 0.25) is 0 Å². The van der Waals surface area contributed by atoms with Crippen LogP contribution in [0.3, 0.4) is 0 Å². The maximum Gasteiger partial charge on any atom is 0.162 e. The van der Waals surface area contributed by atoms with Gasteiger partial charge in [-0.3, -0.25) is 4.57 Å². The van der Waals surface area contributed by atoms with Crippen molar-refractivity contribution >= 4 is 65.3 Å². The van der Waals surface area contributed by atoms with E-state index in [9.17, 15) is 5.26 Å². The molecule has 0 saturated carbocycles. The van der Waals surface area contributed by atoms with Crippen LogP contribution in [0.2, 0.25) is 0 Å². The zero-order chi connectivity index (χ0) is 36.6. The van der Waals surface area contributed by atoms with Gasteiger partial charge in [-0.1, -0.05) is 103 Å². The third-order valence-electron chi connectivity index (χ3n) is 11.0. The molecule has 0 unspecified atom stereocenters. The minimum Gasteiger partial charge on any atom is -0.456 e. The summed E-state index contributed by atoms with van der Waals surface area (Å²) in [5.41, 5.74) is 10.5. The number of hydrogen-bond acceptors (Lipinski definition) is 4. The minimum atomic E-state index is 0.576. The molecular weight excluding hydrogens is 673 g/mol. The topological polar surface area (TPSA) is 67.6 Å². The fourth-order valence-electron chi connectivity index (χ4n) is 8.58. The largest absolute Gasteiger partial charge is 0.456 e. The van der Waals surface area contributed by atoms with Crippen LogP contribution in [0, 0.1) is 18.3 Å². The maximum atomic E-state index is 9.79. The molecule has 0 N–H and O–H groups in total. The fraction of sp³-hybridized carbons (Fsp3) is 0.0200. The van der Waals surface area contributed by atoms with Crippen LogP contribution in [-0.2, 0) is 0 Å². The number of aromatic nitrogens is 3. The van der Waals surface area contributed by atoms with Crippen molar-refractivity contribution in [1.82, 2.24) is 14.5 Å². The number of rotatable bonds is 4.